The number of alkyl halides is 3. The number of rotatable bonds is 3. The number of anilines is 1. The Bertz CT molecular complexity index is 620. The highest BCUT2D eigenvalue weighted by atomic mass is 19.4. The molecule has 4 N–H and O–H groups in total. The number of nitrogens with two attached hydrogens (primary N) is 1. The molecule has 0 amide bonds. The van der Waals surface area contributed by atoms with Crippen molar-refractivity contribution < 1.29 is 27.1 Å². The molecule has 2 unspecified atom stereocenters. The monoisotopic (exact) mass is 351 g/mol. The van der Waals surface area contributed by atoms with E-state index in [4.69, 9.17) is 5.73 Å². The molecular formula is C15H18F5N3O. The third kappa shape index (κ3) is 4.80. The van der Waals surface area contributed by atoms with Gasteiger partial charge in [0.1, 0.15) is 11.6 Å². The van der Waals surface area contributed by atoms with Gasteiger partial charge in [0.2, 0.25) is 0 Å². The summed E-state index contributed by atoms with van der Waals surface area (Å²) in [5.74, 6) is -3.35. The zero-order chi connectivity index (χ0) is 18.0. The second kappa shape index (κ2) is 6.92. The van der Waals surface area contributed by atoms with E-state index >= 15 is 0 Å². The molecule has 0 aromatic heterocycles. The maximum absolute atomic E-state index is 13.5. The molecule has 2 atom stereocenters. The van der Waals surface area contributed by atoms with Crippen LogP contribution in [0.3, 0.4) is 0 Å². The molecule has 2 rings (SSSR count). The summed E-state index contributed by atoms with van der Waals surface area (Å²) in [6.45, 7) is -0.352. The van der Waals surface area contributed by atoms with E-state index in [1.54, 1.807) is 0 Å². The number of hydrogen-bond acceptors (Lipinski definition) is 2. The van der Waals surface area contributed by atoms with Gasteiger partial charge in [0.15, 0.2) is 5.96 Å². The summed E-state index contributed by atoms with van der Waals surface area (Å²) >= 11 is 0. The molecule has 134 valence electrons. The van der Waals surface area contributed by atoms with Crippen molar-refractivity contribution >= 4 is 11.6 Å². The van der Waals surface area contributed by atoms with Gasteiger partial charge < -0.3 is 16.2 Å². The third-order valence-electron chi connectivity index (χ3n) is 4.02. The van der Waals surface area contributed by atoms with Crippen LogP contribution in [0.5, 0.6) is 0 Å². The van der Waals surface area contributed by atoms with Gasteiger partial charge in [-0.15, -0.1) is 0 Å². The lowest BCUT2D eigenvalue weighted by Gasteiger charge is -2.36. The van der Waals surface area contributed by atoms with Gasteiger partial charge >= 0.3 is 6.18 Å². The Balaban J connectivity index is 2.02. The maximum Gasteiger partial charge on any atom is 0.391 e. The second-order valence-electron chi connectivity index (χ2n) is 6.01. The highest BCUT2D eigenvalue weighted by Crippen LogP contribution is 2.41. The number of halogens is 5. The summed E-state index contributed by atoms with van der Waals surface area (Å²) < 4.78 is 64.9. The van der Waals surface area contributed by atoms with E-state index in [0.29, 0.717) is 0 Å². The predicted molar refractivity (Wildman–Crippen MR) is 79.4 cm³/mol. The second-order valence-corrected chi connectivity index (χ2v) is 6.01. The first-order valence-electron chi connectivity index (χ1n) is 7.40. The molecule has 1 aliphatic rings. The molecule has 1 fully saturated rings. The van der Waals surface area contributed by atoms with Gasteiger partial charge in [-0.3, -0.25) is 4.99 Å². The SMILES string of the molecule is NC(=NCC1(O)CCCC(C(F)(F)F)C1)Nc1cc(F)ccc1F. The highest BCUT2D eigenvalue weighted by molar-refractivity contribution is 5.92. The van der Waals surface area contributed by atoms with Crippen LogP contribution in [0.25, 0.3) is 0 Å². The molecule has 9 heteroatoms. The van der Waals surface area contributed by atoms with Gasteiger partial charge in [-0.25, -0.2) is 8.78 Å². The molecule has 0 aliphatic heterocycles. The molecule has 0 spiro atoms. The van der Waals surface area contributed by atoms with Crippen LogP contribution < -0.4 is 11.1 Å². The first-order valence-corrected chi connectivity index (χ1v) is 7.40. The normalized spacial score (nSPS) is 25.6. The molecule has 24 heavy (non-hydrogen) atoms. The fourth-order valence-electron chi connectivity index (χ4n) is 2.77. The molecule has 0 saturated heterocycles. The fraction of sp³-hybridized carbons (Fsp3) is 0.533. The van der Waals surface area contributed by atoms with E-state index in [-0.39, 0.29) is 37.5 Å². The molecule has 1 aromatic carbocycles. The first kappa shape index (κ1) is 18.4. The van der Waals surface area contributed by atoms with Gasteiger partial charge in [0.25, 0.3) is 0 Å². The van der Waals surface area contributed by atoms with Gasteiger partial charge in [-0.2, -0.15) is 13.2 Å². The minimum atomic E-state index is -4.37. The molecule has 0 heterocycles. The van der Waals surface area contributed by atoms with Crippen molar-refractivity contribution in [2.45, 2.75) is 37.5 Å². The molecule has 1 saturated carbocycles. The van der Waals surface area contributed by atoms with Crippen molar-refractivity contribution in [1.82, 2.24) is 0 Å². The summed E-state index contributed by atoms with van der Waals surface area (Å²) in [5.41, 5.74) is 3.67. The first-order chi connectivity index (χ1) is 11.1. The zero-order valence-electron chi connectivity index (χ0n) is 12.7. The van der Waals surface area contributed by atoms with Gasteiger partial charge in [0.05, 0.1) is 23.8 Å². The van der Waals surface area contributed by atoms with Gasteiger partial charge in [-0.1, -0.05) is 0 Å². The van der Waals surface area contributed by atoms with Crippen LogP contribution in [0, 0.1) is 17.6 Å². The summed E-state index contributed by atoms with van der Waals surface area (Å²) in [4.78, 5) is 3.78. The van der Waals surface area contributed by atoms with Crippen molar-refractivity contribution in [1.29, 1.82) is 0 Å². The van der Waals surface area contributed by atoms with Crippen LogP contribution in [-0.4, -0.2) is 29.4 Å². The molecule has 1 aliphatic carbocycles. The van der Waals surface area contributed by atoms with Crippen molar-refractivity contribution in [3.63, 3.8) is 0 Å². The number of nitrogens with one attached hydrogen (secondary N) is 1. The fourth-order valence-corrected chi connectivity index (χ4v) is 2.77. The molecule has 1 aromatic rings. The standard InChI is InChI=1S/C15H18F5N3O/c16-10-3-4-11(17)12(6-10)23-13(21)22-8-14(24)5-1-2-9(7-14)15(18,19)20/h3-4,6,9,24H,1-2,5,7-8H2,(H3,21,22,23). The number of nitrogens with zero attached hydrogens (tertiary/aromatic N) is 1. The summed E-state index contributed by atoms with van der Waals surface area (Å²) in [5, 5.41) is 12.6. The minimum Gasteiger partial charge on any atom is -0.388 e. The Labute approximate surface area is 135 Å². The topological polar surface area (TPSA) is 70.6 Å². The Morgan fingerprint density at radius 2 is 2.08 bits per heavy atom. The Morgan fingerprint density at radius 1 is 1.38 bits per heavy atom. The lowest BCUT2D eigenvalue weighted by Crippen LogP contribution is -2.43. The highest BCUT2D eigenvalue weighted by Gasteiger charge is 2.46. The number of hydrogen-bond donors (Lipinski definition) is 3. The smallest absolute Gasteiger partial charge is 0.388 e. The van der Waals surface area contributed by atoms with Crippen LogP contribution in [0.1, 0.15) is 25.7 Å². The van der Waals surface area contributed by atoms with Gasteiger partial charge in [-0.05, 0) is 37.8 Å². The Kier molecular flexibility index (Phi) is 5.32. The largest absolute Gasteiger partial charge is 0.391 e. The predicted octanol–water partition coefficient (Wildman–Crippen LogP) is 3.18. The zero-order valence-corrected chi connectivity index (χ0v) is 12.7. The Hall–Kier alpha value is -1.90. The number of aliphatic imine (C=N–C) groups is 1. The van der Waals surface area contributed by atoms with Gasteiger partial charge in [0, 0.05) is 6.07 Å². The summed E-state index contributed by atoms with van der Waals surface area (Å²) in [6, 6.07) is 2.69. The minimum absolute atomic E-state index is 0.0300. The molecule has 4 nitrogen and oxygen atoms in total. The van der Waals surface area contributed by atoms with Crippen molar-refractivity contribution in [3.8, 4) is 0 Å². The molecular weight excluding hydrogens is 333 g/mol. The van der Waals surface area contributed by atoms with E-state index in [2.05, 4.69) is 10.3 Å². The average Bonchev–Trinajstić information content (AvgIpc) is 2.48. The van der Waals surface area contributed by atoms with Crippen molar-refractivity contribution in [2.24, 2.45) is 16.6 Å². The number of aliphatic hydroxyl groups is 1. The van der Waals surface area contributed by atoms with Crippen molar-refractivity contribution in [2.75, 3.05) is 11.9 Å². The van der Waals surface area contributed by atoms with E-state index in [9.17, 15) is 27.1 Å². The van der Waals surface area contributed by atoms with Crippen molar-refractivity contribution in [3.05, 3.63) is 29.8 Å². The number of benzene rings is 1. The third-order valence-corrected chi connectivity index (χ3v) is 4.02. The van der Waals surface area contributed by atoms with E-state index in [1.165, 1.54) is 0 Å². The average molecular weight is 351 g/mol. The lowest BCUT2D eigenvalue weighted by molar-refractivity contribution is -0.199. The molecule has 0 radical (unpaired) electrons. The maximum atomic E-state index is 13.5. The van der Waals surface area contributed by atoms with E-state index in [1.807, 2.05) is 0 Å². The number of guanidine groups is 1. The summed E-state index contributed by atoms with van der Waals surface area (Å²) in [7, 11) is 0. The van der Waals surface area contributed by atoms with Crippen LogP contribution in [-0.2, 0) is 0 Å². The van der Waals surface area contributed by atoms with Crippen LogP contribution in [0.2, 0.25) is 0 Å². The lowest BCUT2D eigenvalue weighted by atomic mass is 9.78. The van der Waals surface area contributed by atoms with Crippen LogP contribution in [0.15, 0.2) is 23.2 Å². The van der Waals surface area contributed by atoms with Crippen LogP contribution >= 0.6 is 0 Å². The quantitative estimate of drug-likeness (QED) is 0.445. The molecule has 0 bridgehead atoms. The van der Waals surface area contributed by atoms with Crippen LogP contribution in [0.4, 0.5) is 27.6 Å². The summed E-state index contributed by atoms with van der Waals surface area (Å²) in [6.07, 6.45) is -4.46. The van der Waals surface area contributed by atoms with E-state index < -0.39 is 35.8 Å². The van der Waals surface area contributed by atoms with E-state index in [0.717, 1.165) is 18.2 Å². The Morgan fingerprint density at radius 3 is 2.75 bits per heavy atom.